The number of alkyl halides is 5. The lowest BCUT2D eigenvalue weighted by molar-refractivity contribution is -0.345. The third-order valence-electron chi connectivity index (χ3n) is 2.34. The van der Waals surface area contributed by atoms with E-state index in [-0.39, 0.29) is 0 Å². The molecule has 0 bridgehead atoms. The Hall–Kier alpha value is -1.18. The summed E-state index contributed by atoms with van der Waals surface area (Å²) in [4.78, 5) is 10.6. The van der Waals surface area contributed by atoms with Crippen molar-refractivity contribution in [2.75, 3.05) is 13.2 Å². The average Bonchev–Trinajstić information content (AvgIpc) is 2.13. The van der Waals surface area contributed by atoms with Gasteiger partial charge in [-0.15, -0.1) is 0 Å². The van der Waals surface area contributed by atoms with Crippen LogP contribution in [0.2, 0.25) is 0 Å². The molecule has 1 aliphatic rings. The Morgan fingerprint density at radius 3 is 2.35 bits per heavy atom. The van der Waals surface area contributed by atoms with E-state index in [2.05, 4.69) is 16.1 Å². The fourth-order valence-corrected chi connectivity index (χ4v) is 1.26. The van der Waals surface area contributed by atoms with Gasteiger partial charge in [-0.25, -0.2) is 4.79 Å². The number of halogens is 5. The fourth-order valence-electron chi connectivity index (χ4n) is 1.26. The number of esters is 1. The predicted molar refractivity (Wildman–Crippen MR) is 45.4 cm³/mol. The summed E-state index contributed by atoms with van der Waals surface area (Å²) in [6, 6.07) is 0. The largest absolute Gasteiger partial charge is 0.460 e. The van der Waals surface area contributed by atoms with E-state index in [4.69, 9.17) is 0 Å². The zero-order valence-corrected chi connectivity index (χ0v) is 8.47. The van der Waals surface area contributed by atoms with Gasteiger partial charge >= 0.3 is 18.1 Å². The average molecular weight is 260 g/mol. The molecule has 1 heterocycles. The van der Waals surface area contributed by atoms with Gasteiger partial charge in [-0.05, 0) is 0 Å². The third kappa shape index (κ3) is 2.74. The van der Waals surface area contributed by atoms with Gasteiger partial charge in [0.05, 0.1) is 12.5 Å². The second-order valence-corrected chi connectivity index (χ2v) is 3.43. The van der Waals surface area contributed by atoms with Gasteiger partial charge in [0.15, 0.2) is 0 Å². The number of carbonyl (C=O) groups excluding carboxylic acids is 1. The molecule has 0 aromatic carbocycles. The highest BCUT2D eigenvalue weighted by Gasteiger charge is 2.66. The minimum atomic E-state index is -5.64. The van der Waals surface area contributed by atoms with Crippen LogP contribution in [0.1, 0.15) is 0 Å². The van der Waals surface area contributed by atoms with Crippen LogP contribution in [-0.2, 0) is 14.3 Å². The summed E-state index contributed by atoms with van der Waals surface area (Å²) in [5, 5.41) is 0. The molecule has 3 nitrogen and oxygen atoms in total. The molecule has 0 spiro atoms. The van der Waals surface area contributed by atoms with Gasteiger partial charge in [-0.3, -0.25) is 0 Å². The quantitative estimate of drug-likeness (QED) is 0.440. The molecular formula is C9H9F5O3. The van der Waals surface area contributed by atoms with Crippen LogP contribution in [0.15, 0.2) is 12.7 Å². The summed E-state index contributed by atoms with van der Waals surface area (Å²) in [6.45, 7) is 1.67. The molecule has 0 saturated carbocycles. The number of carbonyl (C=O) groups is 1. The van der Waals surface area contributed by atoms with Crippen molar-refractivity contribution in [1.29, 1.82) is 0 Å². The predicted octanol–water partition coefficient (Wildman–Crippen LogP) is 1.93. The van der Waals surface area contributed by atoms with Gasteiger partial charge in [0.25, 0.3) is 0 Å². The summed E-state index contributed by atoms with van der Waals surface area (Å²) < 4.78 is 70.7. The second kappa shape index (κ2) is 4.59. The smallest absolute Gasteiger partial charge is 0.453 e. The maximum Gasteiger partial charge on any atom is 0.453 e. The van der Waals surface area contributed by atoms with Crippen LogP contribution >= 0.6 is 0 Å². The monoisotopic (exact) mass is 260 g/mol. The van der Waals surface area contributed by atoms with Crippen molar-refractivity contribution >= 4 is 5.97 Å². The molecule has 0 amide bonds. The Morgan fingerprint density at radius 1 is 1.41 bits per heavy atom. The van der Waals surface area contributed by atoms with E-state index in [1.807, 2.05) is 0 Å². The molecular weight excluding hydrogens is 251 g/mol. The molecule has 8 heteroatoms. The highest BCUT2D eigenvalue weighted by Crippen LogP contribution is 2.46. The summed E-state index contributed by atoms with van der Waals surface area (Å²) in [5.41, 5.74) is 0. The lowest BCUT2D eigenvalue weighted by Gasteiger charge is -2.41. The molecule has 17 heavy (non-hydrogen) atoms. The van der Waals surface area contributed by atoms with Crippen molar-refractivity contribution < 1.29 is 36.2 Å². The lowest BCUT2D eigenvalue weighted by Crippen LogP contribution is -2.58. The summed E-state index contributed by atoms with van der Waals surface area (Å²) in [6.07, 6.45) is -6.31. The number of hydrogen-bond donors (Lipinski definition) is 0. The van der Waals surface area contributed by atoms with E-state index in [0.29, 0.717) is 0 Å². The van der Waals surface area contributed by atoms with Crippen molar-refractivity contribution in [3.63, 3.8) is 0 Å². The van der Waals surface area contributed by atoms with Gasteiger partial charge in [-0.2, -0.15) is 22.0 Å². The van der Waals surface area contributed by atoms with Crippen LogP contribution in [-0.4, -0.2) is 37.4 Å². The molecule has 0 radical (unpaired) electrons. The molecule has 1 aliphatic heterocycles. The lowest BCUT2D eigenvalue weighted by atomic mass is 9.91. The van der Waals surface area contributed by atoms with Crippen molar-refractivity contribution in [2.45, 2.75) is 18.2 Å². The SMILES string of the molecule is C=CC(=O)OCC1OCC1C(F)(F)C(F)(F)F. The van der Waals surface area contributed by atoms with E-state index in [1.165, 1.54) is 0 Å². The highest BCUT2D eigenvalue weighted by atomic mass is 19.4. The molecule has 1 rings (SSSR count). The van der Waals surface area contributed by atoms with Crippen LogP contribution in [0.5, 0.6) is 0 Å². The van der Waals surface area contributed by atoms with Crippen molar-refractivity contribution in [3.05, 3.63) is 12.7 Å². The van der Waals surface area contributed by atoms with E-state index in [1.54, 1.807) is 0 Å². The van der Waals surface area contributed by atoms with Gasteiger partial charge in [0.1, 0.15) is 12.7 Å². The molecule has 98 valence electrons. The number of rotatable bonds is 4. The first-order chi connectivity index (χ1) is 7.70. The van der Waals surface area contributed by atoms with E-state index < -0.39 is 43.3 Å². The van der Waals surface area contributed by atoms with Gasteiger partial charge in [0, 0.05) is 6.08 Å². The van der Waals surface area contributed by atoms with Crippen LogP contribution in [0, 0.1) is 5.92 Å². The van der Waals surface area contributed by atoms with E-state index >= 15 is 0 Å². The minimum absolute atomic E-state index is 0.652. The summed E-state index contributed by atoms with van der Waals surface area (Å²) >= 11 is 0. The molecule has 0 aromatic heterocycles. The molecule has 1 saturated heterocycles. The topological polar surface area (TPSA) is 35.5 Å². The minimum Gasteiger partial charge on any atom is -0.460 e. The maximum atomic E-state index is 12.9. The zero-order chi connectivity index (χ0) is 13.3. The Balaban J connectivity index is 2.57. The highest BCUT2D eigenvalue weighted by molar-refractivity contribution is 5.81. The van der Waals surface area contributed by atoms with Crippen LogP contribution < -0.4 is 0 Å². The molecule has 2 unspecified atom stereocenters. The van der Waals surface area contributed by atoms with Crippen LogP contribution in [0.3, 0.4) is 0 Å². The van der Waals surface area contributed by atoms with Crippen molar-refractivity contribution in [3.8, 4) is 0 Å². The first-order valence-electron chi connectivity index (χ1n) is 4.55. The Bertz CT molecular complexity index is 312. The molecule has 0 aromatic rings. The second-order valence-electron chi connectivity index (χ2n) is 3.43. The zero-order valence-electron chi connectivity index (χ0n) is 8.47. The third-order valence-corrected chi connectivity index (χ3v) is 2.34. The van der Waals surface area contributed by atoms with Gasteiger partial charge in [0.2, 0.25) is 0 Å². The van der Waals surface area contributed by atoms with Crippen molar-refractivity contribution in [2.24, 2.45) is 5.92 Å². The van der Waals surface area contributed by atoms with Gasteiger partial charge < -0.3 is 9.47 Å². The number of ether oxygens (including phenoxy) is 2. The van der Waals surface area contributed by atoms with Crippen LogP contribution in [0.25, 0.3) is 0 Å². The van der Waals surface area contributed by atoms with E-state index in [9.17, 15) is 26.7 Å². The maximum absolute atomic E-state index is 12.9. The van der Waals surface area contributed by atoms with Crippen LogP contribution in [0.4, 0.5) is 22.0 Å². The molecule has 0 aliphatic carbocycles. The molecule has 0 N–H and O–H groups in total. The van der Waals surface area contributed by atoms with Gasteiger partial charge in [-0.1, -0.05) is 6.58 Å². The summed E-state index contributed by atoms with van der Waals surface area (Å²) in [7, 11) is 0. The van der Waals surface area contributed by atoms with Crippen molar-refractivity contribution in [1.82, 2.24) is 0 Å². The Kier molecular flexibility index (Phi) is 3.75. The standard InChI is InChI=1S/C9H9F5O3/c1-2-7(15)17-4-6-5(3-16-6)8(10,11)9(12,13)14/h2,5-6H,1,3-4H2. The first-order valence-corrected chi connectivity index (χ1v) is 4.55. The normalized spacial score (nSPS) is 25.0. The Labute approximate surface area is 93.2 Å². The van der Waals surface area contributed by atoms with E-state index in [0.717, 1.165) is 6.08 Å². The Morgan fingerprint density at radius 2 is 2.00 bits per heavy atom. The molecule has 1 fully saturated rings. The fraction of sp³-hybridized carbons (Fsp3) is 0.667. The number of hydrogen-bond acceptors (Lipinski definition) is 3. The molecule has 2 atom stereocenters. The first kappa shape index (κ1) is 13.9. The summed E-state index contributed by atoms with van der Waals surface area (Å²) in [5.74, 6) is -7.79.